The molecule has 0 fully saturated rings. The number of amides is 1. The van der Waals surface area contributed by atoms with Crippen LogP contribution in [-0.4, -0.2) is 25.3 Å². The number of nitrogens with one attached hydrogen (secondary N) is 1. The molecule has 0 bridgehead atoms. The molecule has 0 aromatic rings. The smallest absolute Gasteiger partial charge is 0.220 e. The van der Waals surface area contributed by atoms with E-state index >= 15 is 0 Å². The summed E-state index contributed by atoms with van der Waals surface area (Å²) in [6, 6.07) is 0. The molecule has 13 heavy (non-hydrogen) atoms. The Kier molecular flexibility index (Phi) is 7.57. The first-order valence-electron chi connectivity index (χ1n) is 4.51. The lowest BCUT2D eigenvalue weighted by Gasteiger charge is -2.10. The summed E-state index contributed by atoms with van der Waals surface area (Å²) in [4.78, 5) is 20.3. The second-order valence-electron chi connectivity index (χ2n) is 2.53. The highest BCUT2D eigenvalue weighted by molar-refractivity contribution is 5.75. The molecule has 3 N–H and O–H groups in total. The molecule has 78 valence electrons. The largest absolute Gasteiger partial charge is 0.356 e. The molecule has 1 amide bonds. The summed E-state index contributed by atoms with van der Waals surface area (Å²) in [7, 11) is 0. The minimum absolute atomic E-state index is 0.0157. The zero-order valence-electron chi connectivity index (χ0n) is 8.21. The molecule has 5 heteroatoms. The van der Waals surface area contributed by atoms with Crippen molar-refractivity contribution in [3.8, 4) is 0 Å². The third-order valence-corrected chi connectivity index (χ3v) is 1.34. The van der Waals surface area contributed by atoms with Crippen LogP contribution in [0, 0.1) is 0 Å². The van der Waals surface area contributed by atoms with Crippen LogP contribution in [0.3, 0.4) is 0 Å². The van der Waals surface area contributed by atoms with Gasteiger partial charge in [-0.05, 0) is 20.3 Å². The van der Waals surface area contributed by atoms with Crippen molar-refractivity contribution in [1.29, 1.82) is 0 Å². The van der Waals surface area contributed by atoms with Gasteiger partial charge >= 0.3 is 0 Å². The average Bonchev–Trinajstić information content (AvgIpc) is 2.12. The van der Waals surface area contributed by atoms with E-state index in [-0.39, 0.29) is 5.91 Å². The van der Waals surface area contributed by atoms with Crippen LogP contribution >= 0.6 is 0 Å². The van der Waals surface area contributed by atoms with Crippen molar-refractivity contribution in [2.24, 2.45) is 5.73 Å². The third-order valence-electron chi connectivity index (χ3n) is 1.34. The van der Waals surface area contributed by atoms with Gasteiger partial charge in [0.15, 0.2) is 0 Å². The second kappa shape index (κ2) is 7.97. The molecular formula is C8H18N2O3. The van der Waals surface area contributed by atoms with Crippen LogP contribution in [0.4, 0.5) is 0 Å². The average molecular weight is 190 g/mol. The van der Waals surface area contributed by atoms with Gasteiger partial charge in [-0.15, -0.1) is 0 Å². The molecule has 0 aromatic carbocycles. The number of hydrogen-bond acceptors (Lipinski definition) is 4. The third kappa shape index (κ3) is 7.70. The van der Waals surface area contributed by atoms with Crippen LogP contribution in [0.15, 0.2) is 0 Å². The van der Waals surface area contributed by atoms with Crippen molar-refractivity contribution >= 4 is 5.91 Å². The van der Waals surface area contributed by atoms with E-state index in [4.69, 9.17) is 10.6 Å². The number of hydrogen-bond donors (Lipinski definition) is 2. The predicted octanol–water partition coefficient (Wildman–Crippen LogP) is 0.156. The van der Waals surface area contributed by atoms with Crippen molar-refractivity contribution in [1.82, 2.24) is 5.32 Å². The van der Waals surface area contributed by atoms with Crippen LogP contribution in [-0.2, 0) is 14.6 Å². The standard InChI is InChI=1S/C8H18N2O3/c1-3-10-8(11)6-5-7(9)13-12-4-2/h7H,3-6,9H2,1-2H3,(H,10,11)/t7-/m0/s1. The van der Waals surface area contributed by atoms with Crippen LogP contribution in [0.25, 0.3) is 0 Å². The molecule has 0 saturated heterocycles. The molecule has 0 aliphatic carbocycles. The summed E-state index contributed by atoms with van der Waals surface area (Å²) in [6.07, 6.45) is 0.302. The molecule has 0 unspecified atom stereocenters. The van der Waals surface area contributed by atoms with Gasteiger partial charge in [0.25, 0.3) is 0 Å². The Bertz CT molecular complexity index is 141. The van der Waals surface area contributed by atoms with E-state index in [1.165, 1.54) is 0 Å². The first kappa shape index (κ1) is 12.3. The summed E-state index contributed by atoms with van der Waals surface area (Å²) in [5, 5.41) is 2.67. The van der Waals surface area contributed by atoms with Gasteiger partial charge in [0.1, 0.15) is 6.23 Å². The van der Waals surface area contributed by atoms with E-state index in [9.17, 15) is 4.79 Å². The molecule has 0 saturated carbocycles. The fourth-order valence-electron chi connectivity index (χ4n) is 0.762. The van der Waals surface area contributed by atoms with E-state index in [1.54, 1.807) is 6.92 Å². The maximum Gasteiger partial charge on any atom is 0.220 e. The second-order valence-corrected chi connectivity index (χ2v) is 2.53. The Morgan fingerprint density at radius 3 is 2.77 bits per heavy atom. The maximum absolute atomic E-state index is 11.0. The Labute approximate surface area is 78.5 Å². The molecular weight excluding hydrogens is 172 g/mol. The summed E-state index contributed by atoms with van der Waals surface area (Å²) in [6.45, 7) is 4.76. The molecule has 0 aliphatic heterocycles. The Morgan fingerprint density at radius 1 is 1.54 bits per heavy atom. The highest BCUT2D eigenvalue weighted by atomic mass is 17.2. The lowest BCUT2D eigenvalue weighted by Crippen LogP contribution is -2.28. The van der Waals surface area contributed by atoms with Crippen molar-refractivity contribution in [3.63, 3.8) is 0 Å². The summed E-state index contributed by atoms with van der Waals surface area (Å²) >= 11 is 0. The molecule has 0 radical (unpaired) electrons. The zero-order chi connectivity index (χ0) is 10.1. The number of carbonyl (C=O) groups excluding carboxylic acids is 1. The SMILES string of the molecule is CCNC(=O)CC[C@@H](N)OOCC. The van der Waals surface area contributed by atoms with Crippen molar-refractivity contribution in [2.45, 2.75) is 32.9 Å². The predicted molar refractivity (Wildman–Crippen MR) is 48.6 cm³/mol. The zero-order valence-corrected chi connectivity index (χ0v) is 8.21. The Hall–Kier alpha value is -0.650. The van der Waals surface area contributed by atoms with Crippen molar-refractivity contribution < 1.29 is 14.6 Å². The minimum atomic E-state index is -0.525. The van der Waals surface area contributed by atoms with Gasteiger partial charge in [-0.2, -0.15) is 0 Å². The molecule has 0 aromatic heterocycles. The van der Waals surface area contributed by atoms with Crippen LogP contribution < -0.4 is 11.1 Å². The number of carbonyl (C=O) groups is 1. The topological polar surface area (TPSA) is 73.6 Å². The van der Waals surface area contributed by atoms with Crippen molar-refractivity contribution in [2.75, 3.05) is 13.2 Å². The molecule has 0 aliphatic rings. The van der Waals surface area contributed by atoms with Crippen LogP contribution in [0.5, 0.6) is 0 Å². The molecule has 5 nitrogen and oxygen atoms in total. The first-order valence-corrected chi connectivity index (χ1v) is 4.51. The van der Waals surface area contributed by atoms with Gasteiger partial charge in [-0.3, -0.25) is 4.79 Å². The lowest BCUT2D eigenvalue weighted by atomic mass is 10.3. The Balaban J connectivity index is 3.34. The van der Waals surface area contributed by atoms with Gasteiger partial charge in [-0.25, -0.2) is 9.78 Å². The van der Waals surface area contributed by atoms with Crippen LogP contribution in [0.2, 0.25) is 0 Å². The Morgan fingerprint density at radius 2 is 2.23 bits per heavy atom. The highest BCUT2D eigenvalue weighted by Crippen LogP contribution is 1.96. The van der Waals surface area contributed by atoms with Crippen LogP contribution in [0.1, 0.15) is 26.7 Å². The van der Waals surface area contributed by atoms with E-state index in [0.717, 1.165) is 0 Å². The molecule has 0 spiro atoms. The number of nitrogens with two attached hydrogens (primary N) is 1. The van der Waals surface area contributed by atoms with Crippen molar-refractivity contribution in [3.05, 3.63) is 0 Å². The maximum atomic E-state index is 11.0. The van der Waals surface area contributed by atoms with E-state index in [0.29, 0.717) is 26.0 Å². The number of rotatable bonds is 7. The highest BCUT2D eigenvalue weighted by Gasteiger charge is 2.06. The van der Waals surface area contributed by atoms with Gasteiger partial charge < -0.3 is 11.1 Å². The van der Waals surface area contributed by atoms with E-state index in [2.05, 4.69) is 10.2 Å². The minimum Gasteiger partial charge on any atom is -0.356 e. The first-order chi connectivity index (χ1) is 6.20. The lowest BCUT2D eigenvalue weighted by molar-refractivity contribution is -0.321. The monoisotopic (exact) mass is 190 g/mol. The quantitative estimate of drug-likeness (QED) is 0.340. The fraction of sp³-hybridized carbons (Fsp3) is 0.875. The fourth-order valence-corrected chi connectivity index (χ4v) is 0.762. The van der Waals surface area contributed by atoms with Gasteiger partial charge in [0.05, 0.1) is 6.61 Å². The van der Waals surface area contributed by atoms with Gasteiger partial charge in [0, 0.05) is 13.0 Å². The van der Waals surface area contributed by atoms with E-state index < -0.39 is 6.23 Å². The summed E-state index contributed by atoms with van der Waals surface area (Å²) in [5.74, 6) is -0.0157. The summed E-state index contributed by atoms with van der Waals surface area (Å²) in [5.41, 5.74) is 5.48. The summed E-state index contributed by atoms with van der Waals surface area (Å²) < 4.78 is 0. The molecule has 1 atom stereocenters. The van der Waals surface area contributed by atoms with E-state index in [1.807, 2.05) is 6.92 Å². The van der Waals surface area contributed by atoms with Gasteiger partial charge in [-0.1, -0.05) is 0 Å². The normalized spacial score (nSPS) is 12.5. The molecule has 0 rings (SSSR count). The molecule has 0 heterocycles. The van der Waals surface area contributed by atoms with Gasteiger partial charge in [0.2, 0.25) is 5.91 Å².